The van der Waals surface area contributed by atoms with E-state index in [1.165, 1.54) is 35.6 Å². The van der Waals surface area contributed by atoms with Gasteiger partial charge in [-0.1, -0.05) is 99.1 Å². The molecular weight excluding hydrogens is 564 g/mol. The van der Waals surface area contributed by atoms with Crippen molar-refractivity contribution in [2.24, 2.45) is 5.92 Å². The van der Waals surface area contributed by atoms with Crippen LogP contribution < -0.4 is 0 Å². The summed E-state index contributed by atoms with van der Waals surface area (Å²) in [6, 6.07) is 28.0. The third-order valence-corrected chi connectivity index (χ3v) is 7.99. The van der Waals surface area contributed by atoms with Crippen LogP contribution in [0.15, 0.2) is 91.0 Å². The van der Waals surface area contributed by atoms with Crippen molar-refractivity contribution in [2.45, 2.75) is 52.4 Å². The lowest BCUT2D eigenvalue weighted by Crippen LogP contribution is -2.19. The molecule has 4 aromatic rings. The van der Waals surface area contributed by atoms with Crippen molar-refractivity contribution in [3.05, 3.63) is 108 Å². The Bertz CT molecular complexity index is 1600. The predicted molar refractivity (Wildman–Crippen MR) is 180 cm³/mol. The van der Waals surface area contributed by atoms with Crippen LogP contribution in [0.1, 0.15) is 49.8 Å². The lowest BCUT2D eigenvalue weighted by atomic mass is 9.95. The standard InChI is InChI=1S/C39H44O6/c1-4-5-6-7-29-8-9-36-24-35(15-14-34(36)21-29)32-10-12-33(13-11-32)37-22-30(16-18-44-38(42)27(2)25-40)20-31(23-37)17-19-45-39(43)28(3)26-41/h8-15,20-24,28,40-41H,2,4-7,16-19,25-26H2,1,3H3. The van der Waals surface area contributed by atoms with Gasteiger partial charge in [0, 0.05) is 12.8 Å². The summed E-state index contributed by atoms with van der Waals surface area (Å²) in [6.45, 7) is 7.01. The maximum Gasteiger partial charge on any atom is 0.335 e. The summed E-state index contributed by atoms with van der Waals surface area (Å²) >= 11 is 0. The number of fused-ring (bicyclic) bond motifs is 1. The van der Waals surface area contributed by atoms with Gasteiger partial charge in [0.05, 0.1) is 37.9 Å². The molecule has 236 valence electrons. The number of esters is 2. The van der Waals surface area contributed by atoms with Gasteiger partial charge in [0.1, 0.15) is 0 Å². The third-order valence-electron chi connectivity index (χ3n) is 7.99. The fourth-order valence-corrected chi connectivity index (χ4v) is 5.20. The molecule has 6 nitrogen and oxygen atoms in total. The Morgan fingerprint density at radius 1 is 0.689 bits per heavy atom. The molecule has 6 heteroatoms. The van der Waals surface area contributed by atoms with Gasteiger partial charge >= 0.3 is 11.9 Å². The first-order valence-electron chi connectivity index (χ1n) is 15.8. The summed E-state index contributed by atoms with van der Waals surface area (Å²) in [6.07, 6.45) is 5.81. The predicted octanol–water partition coefficient (Wildman–Crippen LogP) is 7.25. The van der Waals surface area contributed by atoms with E-state index in [2.05, 4.69) is 86.3 Å². The van der Waals surface area contributed by atoms with E-state index in [0.717, 1.165) is 39.8 Å². The number of hydrogen-bond donors (Lipinski definition) is 2. The molecule has 0 amide bonds. The number of aryl methyl sites for hydroxylation is 1. The van der Waals surface area contributed by atoms with Crippen LogP contribution in [-0.4, -0.2) is 48.6 Å². The lowest BCUT2D eigenvalue weighted by Gasteiger charge is -2.13. The maximum atomic E-state index is 12.0. The van der Waals surface area contributed by atoms with Gasteiger partial charge in [0.2, 0.25) is 0 Å². The van der Waals surface area contributed by atoms with Crippen molar-refractivity contribution in [1.29, 1.82) is 0 Å². The Kier molecular flexibility index (Phi) is 12.5. The molecule has 0 saturated carbocycles. The molecule has 0 bridgehead atoms. The maximum absolute atomic E-state index is 12.0. The zero-order valence-corrected chi connectivity index (χ0v) is 26.4. The SMILES string of the molecule is C=C(CO)C(=O)OCCc1cc(CCOC(=O)C(C)CO)cc(-c2ccc(-c3ccc4cc(CCCCC)ccc4c3)cc2)c1. The van der Waals surface area contributed by atoms with Gasteiger partial charge in [0.25, 0.3) is 0 Å². The third kappa shape index (κ3) is 9.61. The molecule has 0 aliphatic rings. The average Bonchev–Trinajstić information content (AvgIpc) is 3.07. The zero-order chi connectivity index (χ0) is 32.2. The topological polar surface area (TPSA) is 93.1 Å². The van der Waals surface area contributed by atoms with Gasteiger partial charge in [0.15, 0.2) is 0 Å². The van der Waals surface area contributed by atoms with Crippen molar-refractivity contribution in [3.63, 3.8) is 0 Å². The van der Waals surface area contributed by atoms with Gasteiger partial charge in [-0.15, -0.1) is 0 Å². The molecule has 0 fully saturated rings. The molecule has 1 unspecified atom stereocenters. The Morgan fingerprint density at radius 3 is 1.93 bits per heavy atom. The smallest absolute Gasteiger partial charge is 0.335 e. The molecule has 2 N–H and O–H groups in total. The fraction of sp³-hybridized carbons (Fsp3) is 0.333. The molecule has 0 aliphatic carbocycles. The molecule has 1 atom stereocenters. The van der Waals surface area contributed by atoms with Crippen LogP contribution in [0.25, 0.3) is 33.0 Å². The van der Waals surface area contributed by atoms with Crippen molar-refractivity contribution < 1.29 is 29.3 Å². The van der Waals surface area contributed by atoms with Gasteiger partial charge in [-0.05, 0) is 75.5 Å². The van der Waals surface area contributed by atoms with E-state index in [1.807, 2.05) is 6.07 Å². The molecule has 4 aromatic carbocycles. The van der Waals surface area contributed by atoms with Crippen molar-refractivity contribution >= 4 is 22.7 Å². The summed E-state index contributed by atoms with van der Waals surface area (Å²) in [4.78, 5) is 24.0. The number of ether oxygens (including phenoxy) is 2. The number of rotatable bonds is 16. The number of unbranched alkanes of at least 4 members (excludes halogenated alkanes) is 2. The molecule has 0 radical (unpaired) electrons. The quantitative estimate of drug-likeness (QED) is 0.0791. The highest BCUT2D eigenvalue weighted by Crippen LogP contribution is 2.29. The molecule has 4 rings (SSSR count). The minimum Gasteiger partial charge on any atom is -0.465 e. The Labute approximate surface area is 266 Å². The van der Waals surface area contributed by atoms with E-state index in [1.54, 1.807) is 6.92 Å². The second kappa shape index (κ2) is 16.7. The monoisotopic (exact) mass is 608 g/mol. The molecule has 0 aliphatic heterocycles. The fourth-order valence-electron chi connectivity index (χ4n) is 5.20. The number of hydrogen-bond acceptors (Lipinski definition) is 6. The van der Waals surface area contributed by atoms with Gasteiger partial charge in [-0.3, -0.25) is 4.79 Å². The summed E-state index contributed by atoms with van der Waals surface area (Å²) < 4.78 is 10.6. The molecule has 0 heterocycles. The van der Waals surface area contributed by atoms with E-state index in [0.29, 0.717) is 12.8 Å². The minimum absolute atomic E-state index is 0.0158. The summed E-state index contributed by atoms with van der Waals surface area (Å²) in [5.74, 6) is -1.61. The molecule has 45 heavy (non-hydrogen) atoms. The van der Waals surface area contributed by atoms with Crippen LogP contribution in [0.3, 0.4) is 0 Å². The number of carbonyl (C=O) groups is 2. The van der Waals surface area contributed by atoms with Gasteiger partial charge < -0.3 is 19.7 Å². The van der Waals surface area contributed by atoms with Crippen molar-refractivity contribution in [1.82, 2.24) is 0 Å². The van der Waals surface area contributed by atoms with E-state index < -0.39 is 24.5 Å². The molecule has 0 spiro atoms. The zero-order valence-electron chi connectivity index (χ0n) is 26.4. The summed E-state index contributed by atoms with van der Waals surface area (Å²) in [7, 11) is 0. The first kappa shape index (κ1) is 33.6. The van der Waals surface area contributed by atoms with Crippen LogP contribution in [0, 0.1) is 5.92 Å². The van der Waals surface area contributed by atoms with Crippen molar-refractivity contribution in [3.8, 4) is 22.3 Å². The number of aliphatic hydroxyl groups is 2. The number of aliphatic hydroxyl groups excluding tert-OH is 2. The Hall–Kier alpha value is -4.26. The second-order valence-corrected chi connectivity index (χ2v) is 11.6. The van der Waals surface area contributed by atoms with Gasteiger partial charge in [-0.2, -0.15) is 0 Å². The highest BCUT2D eigenvalue weighted by molar-refractivity contribution is 5.88. The summed E-state index contributed by atoms with van der Waals surface area (Å²) in [5, 5.41) is 20.8. The minimum atomic E-state index is -0.615. The highest BCUT2D eigenvalue weighted by Gasteiger charge is 2.14. The van der Waals surface area contributed by atoms with E-state index >= 15 is 0 Å². The van der Waals surface area contributed by atoms with E-state index in [4.69, 9.17) is 14.6 Å². The molecular formula is C39H44O6. The molecule has 0 saturated heterocycles. The normalized spacial score (nSPS) is 11.7. The van der Waals surface area contributed by atoms with E-state index in [9.17, 15) is 14.7 Å². The van der Waals surface area contributed by atoms with Crippen LogP contribution in [-0.2, 0) is 38.3 Å². The highest BCUT2D eigenvalue weighted by atomic mass is 16.5. The van der Waals surface area contributed by atoms with Crippen LogP contribution in [0.5, 0.6) is 0 Å². The molecule has 0 aromatic heterocycles. The summed E-state index contributed by atoms with van der Waals surface area (Å²) in [5.41, 5.74) is 7.68. The lowest BCUT2D eigenvalue weighted by molar-refractivity contribution is -0.149. The number of carbonyl (C=O) groups excluding carboxylic acids is 2. The Balaban J connectivity index is 1.52. The average molecular weight is 609 g/mol. The van der Waals surface area contributed by atoms with Crippen LogP contribution in [0.2, 0.25) is 0 Å². The second-order valence-electron chi connectivity index (χ2n) is 11.6. The van der Waals surface area contributed by atoms with Crippen LogP contribution >= 0.6 is 0 Å². The van der Waals surface area contributed by atoms with Crippen LogP contribution in [0.4, 0.5) is 0 Å². The van der Waals surface area contributed by atoms with Crippen molar-refractivity contribution in [2.75, 3.05) is 26.4 Å². The largest absolute Gasteiger partial charge is 0.465 e. The van der Waals surface area contributed by atoms with E-state index in [-0.39, 0.29) is 25.4 Å². The Morgan fingerprint density at radius 2 is 1.29 bits per heavy atom. The first-order chi connectivity index (χ1) is 21.8. The first-order valence-corrected chi connectivity index (χ1v) is 15.8. The number of benzene rings is 4. The van der Waals surface area contributed by atoms with Gasteiger partial charge in [-0.25, -0.2) is 4.79 Å².